The molecule has 4 nitrogen and oxygen atoms in total. The minimum atomic E-state index is -3.29. The van der Waals surface area contributed by atoms with Crippen molar-refractivity contribution in [1.29, 1.82) is 0 Å². The molecule has 5 heteroatoms. The van der Waals surface area contributed by atoms with Gasteiger partial charge in [0.15, 0.2) is 9.84 Å². The van der Waals surface area contributed by atoms with Gasteiger partial charge in [0.2, 0.25) is 5.91 Å². The van der Waals surface area contributed by atoms with Crippen molar-refractivity contribution in [3.8, 4) is 0 Å². The van der Waals surface area contributed by atoms with Gasteiger partial charge in [0.1, 0.15) is 5.25 Å². The van der Waals surface area contributed by atoms with Crippen LogP contribution in [0.1, 0.15) is 34.1 Å². The van der Waals surface area contributed by atoms with E-state index in [1.165, 1.54) is 6.92 Å². The van der Waals surface area contributed by atoms with E-state index >= 15 is 0 Å². The van der Waals surface area contributed by atoms with Crippen molar-refractivity contribution >= 4 is 15.7 Å². The van der Waals surface area contributed by atoms with Gasteiger partial charge in [-0.05, 0) is 27.2 Å². The predicted molar refractivity (Wildman–Crippen MR) is 56.8 cm³/mol. The number of nitrogens with one attached hydrogen (secondary N) is 1. The van der Waals surface area contributed by atoms with Crippen LogP contribution in [0.4, 0.5) is 0 Å². The Labute approximate surface area is 86.0 Å². The van der Waals surface area contributed by atoms with Gasteiger partial charge in [-0.2, -0.15) is 0 Å². The number of hydrogen-bond acceptors (Lipinski definition) is 3. The highest BCUT2D eigenvalue weighted by Crippen LogP contribution is 2.08. The fourth-order valence-electron chi connectivity index (χ4n) is 0.718. The van der Waals surface area contributed by atoms with Crippen LogP contribution < -0.4 is 5.32 Å². The summed E-state index contributed by atoms with van der Waals surface area (Å²) in [5.41, 5.74) is -0.351. The smallest absolute Gasteiger partial charge is 0.238 e. The third-order valence-corrected chi connectivity index (χ3v) is 3.86. The standard InChI is InChI=1S/C9H19NO3S/c1-6-9(3,4)10-8(11)7(2)14(5,12)13/h7H,6H2,1-5H3,(H,10,11)/t7-/m1/s1. The summed E-state index contributed by atoms with van der Waals surface area (Å²) in [7, 11) is -3.29. The van der Waals surface area contributed by atoms with Crippen molar-refractivity contribution in [3.63, 3.8) is 0 Å². The van der Waals surface area contributed by atoms with Crippen LogP contribution >= 0.6 is 0 Å². The first kappa shape index (κ1) is 13.4. The molecule has 0 aromatic rings. The highest BCUT2D eigenvalue weighted by Gasteiger charge is 2.27. The lowest BCUT2D eigenvalue weighted by molar-refractivity contribution is -0.122. The third kappa shape index (κ3) is 4.09. The number of hydrogen-bond donors (Lipinski definition) is 1. The fraction of sp³-hybridized carbons (Fsp3) is 0.889. The molecule has 0 saturated heterocycles. The predicted octanol–water partition coefficient (Wildman–Crippen LogP) is 0.724. The number of sulfone groups is 1. The Bertz CT molecular complexity index is 306. The molecular formula is C9H19NO3S. The highest BCUT2D eigenvalue weighted by molar-refractivity contribution is 7.92. The molecule has 1 amide bonds. The molecule has 0 aromatic carbocycles. The third-order valence-electron chi connectivity index (χ3n) is 2.36. The maximum absolute atomic E-state index is 11.5. The van der Waals surface area contributed by atoms with E-state index in [4.69, 9.17) is 0 Å². The van der Waals surface area contributed by atoms with E-state index in [2.05, 4.69) is 5.32 Å². The van der Waals surface area contributed by atoms with Crippen LogP contribution in [0.15, 0.2) is 0 Å². The topological polar surface area (TPSA) is 63.2 Å². The van der Waals surface area contributed by atoms with Crippen molar-refractivity contribution < 1.29 is 13.2 Å². The lowest BCUT2D eigenvalue weighted by atomic mass is 10.0. The summed E-state index contributed by atoms with van der Waals surface area (Å²) in [4.78, 5) is 11.5. The molecule has 0 bridgehead atoms. The van der Waals surface area contributed by atoms with Gasteiger partial charge in [-0.1, -0.05) is 6.92 Å². The molecule has 1 atom stereocenters. The maximum Gasteiger partial charge on any atom is 0.238 e. The van der Waals surface area contributed by atoms with Gasteiger partial charge in [0, 0.05) is 11.8 Å². The van der Waals surface area contributed by atoms with Gasteiger partial charge in [0.05, 0.1) is 0 Å². The molecule has 0 aliphatic heterocycles. The molecule has 84 valence electrons. The van der Waals surface area contributed by atoms with Gasteiger partial charge in [-0.3, -0.25) is 4.79 Å². The molecule has 0 heterocycles. The average molecular weight is 221 g/mol. The summed E-state index contributed by atoms with van der Waals surface area (Å²) >= 11 is 0. The van der Waals surface area contributed by atoms with Crippen molar-refractivity contribution in [3.05, 3.63) is 0 Å². The molecule has 0 spiro atoms. The zero-order chi connectivity index (χ0) is 11.6. The Kier molecular flexibility index (Phi) is 4.12. The first-order valence-electron chi connectivity index (χ1n) is 4.61. The molecule has 0 saturated carbocycles. The van der Waals surface area contributed by atoms with Crippen molar-refractivity contribution in [1.82, 2.24) is 5.32 Å². The molecule has 0 unspecified atom stereocenters. The van der Waals surface area contributed by atoms with E-state index in [1.54, 1.807) is 0 Å². The summed E-state index contributed by atoms with van der Waals surface area (Å²) in [6.45, 7) is 7.06. The van der Waals surface area contributed by atoms with Gasteiger partial charge < -0.3 is 5.32 Å². The molecular weight excluding hydrogens is 202 g/mol. The fourth-order valence-corrected chi connectivity index (χ4v) is 1.17. The SMILES string of the molecule is CCC(C)(C)NC(=O)[C@@H](C)S(C)(=O)=O. The van der Waals surface area contributed by atoms with E-state index in [0.29, 0.717) is 0 Å². The van der Waals surface area contributed by atoms with Crippen molar-refractivity contribution in [2.75, 3.05) is 6.26 Å². The van der Waals surface area contributed by atoms with Crippen molar-refractivity contribution in [2.45, 2.75) is 44.9 Å². The van der Waals surface area contributed by atoms with Crippen LogP contribution in [0.3, 0.4) is 0 Å². The Morgan fingerprint density at radius 3 is 2.14 bits per heavy atom. The van der Waals surface area contributed by atoms with Crippen LogP contribution in [0.2, 0.25) is 0 Å². The van der Waals surface area contributed by atoms with E-state index in [0.717, 1.165) is 12.7 Å². The molecule has 0 aliphatic rings. The number of amides is 1. The Morgan fingerprint density at radius 2 is 1.86 bits per heavy atom. The Hall–Kier alpha value is -0.580. The van der Waals surface area contributed by atoms with Crippen LogP contribution in [0.5, 0.6) is 0 Å². The highest BCUT2D eigenvalue weighted by atomic mass is 32.2. The van der Waals surface area contributed by atoms with Gasteiger partial charge in [-0.25, -0.2) is 8.42 Å². The van der Waals surface area contributed by atoms with Gasteiger partial charge >= 0.3 is 0 Å². The lowest BCUT2D eigenvalue weighted by Gasteiger charge is -2.25. The van der Waals surface area contributed by atoms with Crippen LogP contribution in [0.25, 0.3) is 0 Å². The first-order chi connectivity index (χ1) is 6.10. The van der Waals surface area contributed by atoms with Gasteiger partial charge in [0.25, 0.3) is 0 Å². The summed E-state index contributed by atoms with van der Waals surface area (Å²) in [6, 6.07) is 0. The number of carbonyl (C=O) groups is 1. The van der Waals surface area contributed by atoms with Crippen molar-refractivity contribution in [2.24, 2.45) is 0 Å². The largest absolute Gasteiger partial charge is 0.350 e. The van der Waals surface area contributed by atoms with E-state index in [9.17, 15) is 13.2 Å². The minimum Gasteiger partial charge on any atom is -0.350 e. The zero-order valence-electron chi connectivity index (χ0n) is 9.42. The zero-order valence-corrected chi connectivity index (χ0v) is 10.2. The summed E-state index contributed by atoms with van der Waals surface area (Å²) in [5.74, 6) is -0.431. The summed E-state index contributed by atoms with van der Waals surface area (Å²) < 4.78 is 22.2. The Morgan fingerprint density at radius 1 is 1.43 bits per heavy atom. The molecule has 0 fully saturated rings. The normalized spacial score (nSPS) is 14.9. The maximum atomic E-state index is 11.5. The molecule has 0 aromatic heterocycles. The number of rotatable bonds is 4. The summed E-state index contributed by atoms with van der Waals surface area (Å²) in [5, 5.41) is 1.72. The van der Waals surface area contributed by atoms with Crippen LogP contribution in [-0.4, -0.2) is 31.4 Å². The molecule has 0 aliphatic carbocycles. The average Bonchev–Trinajstić information content (AvgIpc) is 2.00. The monoisotopic (exact) mass is 221 g/mol. The first-order valence-corrected chi connectivity index (χ1v) is 6.56. The summed E-state index contributed by atoms with van der Waals surface area (Å²) in [6.07, 6.45) is 1.82. The second kappa shape index (κ2) is 4.29. The minimum absolute atomic E-state index is 0.351. The quantitative estimate of drug-likeness (QED) is 0.761. The number of carbonyl (C=O) groups excluding carboxylic acids is 1. The Balaban J connectivity index is 4.53. The van der Waals surface area contributed by atoms with Crippen LogP contribution in [-0.2, 0) is 14.6 Å². The van der Waals surface area contributed by atoms with Gasteiger partial charge in [-0.15, -0.1) is 0 Å². The lowest BCUT2D eigenvalue weighted by Crippen LogP contribution is -2.48. The van der Waals surface area contributed by atoms with E-state index in [-0.39, 0.29) is 5.54 Å². The van der Waals surface area contributed by atoms with E-state index < -0.39 is 21.0 Å². The molecule has 0 radical (unpaired) electrons. The van der Waals surface area contributed by atoms with Crippen LogP contribution in [0, 0.1) is 0 Å². The molecule has 1 N–H and O–H groups in total. The van der Waals surface area contributed by atoms with E-state index in [1.807, 2.05) is 20.8 Å². The molecule has 14 heavy (non-hydrogen) atoms. The second-order valence-electron chi connectivity index (χ2n) is 4.20. The second-order valence-corrected chi connectivity index (χ2v) is 6.56. The molecule has 0 rings (SSSR count).